The van der Waals surface area contributed by atoms with Gasteiger partial charge in [-0.05, 0) is 6.42 Å². The normalized spacial score (nSPS) is 10.5. The van der Waals surface area contributed by atoms with E-state index in [9.17, 15) is 4.79 Å². The van der Waals surface area contributed by atoms with Gasteiger partial charge < -0.3 is 4.90 Å². The molecule has 0 N–H and O–H groups in total. The smallest absolute Gasteiger partial charge is 0.263 e. The van der Waals surface area contributed by atoms with Crippen LogP contribution in [0.15, 0.2) is 11.6 Å². The summed E-state index contributed by atoms with van der Waals surface area (Å²) in [7, 11) is 3.26. The Bertz CT molecular complexity index is 211. The van der Waals surface area contributed by atoms with Gasteiger partial charge in [0.05, 0.1) is 0 Å². The fourth-order valence-corrected chi connectivity index (χ4v) is 0.626. The second-order valence-electron chi connectivity index (χ2n) is 2.34. The molecule has 0 fully saturated rings. The molecule has 1 amide bonds. The van der Waals surface area contributed by atoms with Gasteiger partial charge in [0.2, 0.25) is 0 Å². The summed E-state index contributed by atoms with van der Waals surface area (Å²) in [5.41, 5.74) is 0.220. The first-order chi connectivity index (χ1) is 5.13. The summed E-state index contributed by atoms with van der Waals surface area (Å²) in [4.78, 5) is 12.5. The molecular weight excluding hydrogens is 140 g/mol. The summed E-state index contributed by atoms with van der Waals surface area (Å²) >= 11 is 0. The minimum atomic E-state index is -0.227. The number of allylic oxidation sites excluding steroid dienone is 1. The van der Waals surface area contributed by atoms with Crippen molar-refractivity contribution in [1.29, 1.82) is 5.26 Å². The van der Waals surface area contributed by atoms with Gasteiger partial charge in [-0.3, -0.25) is 4.79 Å². The molecule has 0 aliphatic carbocycles. The maximum Gasteiger partial charge on any atom is 0.263 e. The van der Waals surface area contributed by atoms with Crippen molar-refractivity contribution in [2.24, 2.45) is 0 Å². The number of likely N-dealkylation sites (N-methyl/N-ethyl adjacent to an activating group) is 1. The molecule has 3 heteroatoms. The van der Waals surface area contributed by atoms with E-state index in [-0.39, 0.29) is 11.5 Å². The van der Waals surface area contributed by atoms with Gasteiger partial charge in [-0.15, -0.1) is 0 Å². The van der Waals surface area contributed by atoms with Crippen LogP contribution in [0.1, 0.15) is 13.3 Å². The quantitative estimate of drug-likeness (QED) is 0.436. The topological polar surface area (TPSA) is 44.1 Å². The lowest BCUT2D eigenvalue weighted by atomic mass is 10.2. The van der Waals surface area contributed by atoms with Crippen LogP contribution in [0.3, 0.4) is 0 Å². The predicted octanol–water partition coefficient (Wildman–Crippen LogP) is 0.935. The number of hydrogen-bond acceptors (Lipinski definition) is 2. The summed E-state index contributed by atoms with van der Waals surface area (Å²) in [5.74, 6) is -0.227. The highest BCUT2D eigenvalue weighted by Gasteiger charge is 2.08. The molecule has 0 aromatic carbocycles. The van der Waals surface area contributed by atoms with Crippen LogP contribution in [-0.4, -0.2) is 24.9 Å². The van der Waals surface area contributed by atoms with Gasteiger partial charge in [0.25, 0.3) is 5.91 Å². The first kappa shape index (κ1) is 9.70. The van der Waals surface area contributed by atoms with Gasteiger partial charge >= 0.3 is 0 Å². The minimum absolute atomic E-state index is 0.220. The van der Waals surface area contributed by atoms with Gasteiger partial charge in [-0.25, -0.2) is 0 Å². The van der Waals surface area contributed by atoms with Crippen LogP contribution in [0.2, 0.25) is 0 Å². The number of nitriles is 1. The maximum atomic E-state index is 11.1. The zero-order valence-electron chi connectivity index (χ0n) is 7.09. The molecule has 0 saturated carbocycles. The van der Waals surface area contributed by atoms with Crippen molar-refractivity contribution in [3.63, 3.8) is 0 Å². The van der Waals surface area contributed by atoms with Crippen LogP contribution >= 0.6 is 0 Å². The van der Waals surface area contributed by atoms with Crippen molar-refractivity contribution >= 4 is 5.91 Å². The Morgan fingerprint density at radius 1 is 1.64 bits per heavy atom. The average molecular weight is 152 g/mol. The van der Waals surface area contributed by atoms with E-state index in [0.29, 0.717) is 6.42 Å². The van der Waals surface area contributed by atoms with Gasteiger partial charge in [0.15, 0.2) is 0 Å². The molecule has 11 heavy (non-hydrogen) atoms. The first-order valence-corrected chi connectivity index (χ1v) is 3.45. The van der Waals surface area contributed by atoms with Gasteiger partial charge in [0, 0.05) is 14.1 Å². The monoisotopic (exact) mass is 152 g/mol. The Morgan fingerprint density at radius 3 is 2.45 bits per heavy atom. The predicted molar refractivity (Wildman–Crippen MR) is 42.7 cm³/mol. The summed E-state index contributed by atoms with van der Waals surface area (Å²) < 4.78 is 0. The second-order valence-corrected chi connectivity index (χ2v) is 2.34. The molecule has 0 saturated heterocycles. The standard InChI is InChI=1S/C8H12N2O/c1-4-5-7(6-9)8(11)10(2)3/h5H,4H2,1-3H3. The third-order valence-electron chi connectivity index (χ3n) is 1.17. The molecule has 60 valence electrons. The average Bonchev–Trinajstić information content (AvgIpc) is 1.98. The van der Waals surface area contributed by atoms with E-state index in [0.717, 1.165) is 0 Å². The van der Waals surface area contributed by atoms with Gasteiger partial charge in [0.1, 0.15) is 11.6 Å². The van der Waals surface area contributed by atoms with E-state index in [4.69, 9.17) is 5.26 Å². The van der Waals surface area contributed by atoms with Crippen molar-refractivity contribution in [1.82, 2.24) is 4.90 Å². The van der Waals surface area contributed by atoms with Gasteiger partial charge in [-0.2, -0.15) is 5.26 Å². The molecule has 0 atom stereocenters. The molecule has 0 aliphatic heterocycles. The lowest BCUT2D eigenvalue weighted by Crippen LogP contribution is -2.22. The number of nitrogens with zero attached hydrogens (tertiary/aromatic N) is 2. The maximum absolute atomic E-state index is 11.1. The van der Waals surface area contributed by atoms with Crippen LogP contribution in [-0.2, 0) is 4.79 Å². The lowest BCUT2D eigenvalue weighted by Gasteiger charge is -2.07. The number of hydrogen-bond donors (Lipinski definition) is 0. The Balaban J connectivity index is 4.43. The van der Waals surface area contributed by atoms with E-state index in [1.165, 1.54) is 4.90 Å². The summed E-state index contributed by atoms with van der Waals surface area (Å²) in [6.07, 6.45) is 2.34. The number of carbonyl (C=O) groups is 1. The SMILES string of the molecule is CCC=C(C#N)C(=O)N(C)C. The van der Waals surface area contributed by atoms with Crippen LogP contribution in [0.25, 0.3) is 0 Å². The Kier molecular flexibility index (Phi) is 3.97. The third kappa shape index (κ3) is 2.85. The molecule has 0 radical (unpaired) electrons. The molecule has 0 rings (SSSR count). The van der Waals surface area contributed by atoms with E-state index in [2.05, 4.69) is 0 Å². The first-order valence-electron chi connectivity index (χ1n) is 3.45. The fraction of sp³-hybridized carbons (Fsp3) is 0.500. The number of carbonyl (C=O) groups excluding carboxylic acids is 1. The molecule has 0 unspecified atom stereocenters. The largest absolute Gasteiger partial charge is 0.344 e. The van der Waals surface area contributed by atoms with Crippen LogP contribution in [0, 0.1) is 11.3 Å². The third-order valence-corrected chi connectivity index (χ3v) is 1.17. The molecule has 0 aromatic heterocycles. The van der Waals surface area contributed by atoms with Crippen molar-refractivity contribution in [2.75, 3.05) is 14.1 Å². The Hall–Kier alpha value is -1.30. The highest BCUT2D eigenvalue weighted by molar-refractivity contribution is 5.96. The second kappa shape index (κ2) is 4.51. The van der Waals surface area contributed by atoms with Crippen molar-refractivity contribution < 1.29 is 4.79 Å². The highest BCUT2D eigenvalue weighted by atomic mass is 16.2. The lowest BCUT2D eigenvalue weighted by molar-refractivity contribution is -0.124. The van der Waals surface area contributed by atoms with E-state index >= 15 is 0 Å². The Labute approximate surface area is 66.9 Å². The van der Waals surface area contributed by atoms with Crippen LogP contribution < -0.4 is 0 Å². The van der Waals surface area contributed by atoms with E-state index < -0.39 is 0 Å². The Morgan fingerprint density at radius 2 is 2.18 bits per heavy atom. The summed E-state index contributed by atoms with van der Waals surface area (Å²) in [6, 6.07) is 1.85. The molecule has 0 heterocycles. The molecular formula is C8H12N2O. The molecule has 0 bridgehead atoms. The summed E-state index contributed by atoms with van der Waals surface area (Å²) in [6.45, 7) is 1.89. The zero-order valence-corrected chi connectivity index (χ0v) is 7.09. The molecule has 0 spiro atoms. The van der Waals surface area contributed by atoms with Crippen molar-refractivity contribution in [3.05, 3.63) is 11.6 Å². The molecule has 0 aromatic rings. The van der Waals surface area contributed by atoms with Crippen LogP contribution in [0.4, 0.5) is 0 Å². The number of rotatable bonds is 2. The van der Waals surface area contributed by atoms with Gasteiger partial charge in [-0.1, -0.05) is 13.0 Å². The van der Waals surface area contributed by atoms with Crippen molar-refractivity contribution in [2.45, 2.75) is 13.3 Å². The van der Waals surface area contributed by atoms with E-state index in [1.54, 1.807) is 20.2 Å². The minimum Gasteiger partial charge on any atom is -0.344 e. The fourth-order valence-electron chi connectivity index (χ4n) is 0.626. The van der Waals surface area contributed by atoms with E-state index in [1.807, 2.05) is 13.0 Å². The van der Waals surface area contributed by atoms with Crippen LogP contribution in [0.5, 0.6) is 0 Å². The van der Waals surface area contributed by atoms with Crippen molar-refractivity contribution in [3.8, 4) is 6.07 Å². The summed E-state index contributed by atoms with van der Waals surface area (Å²) in [5, 5.41) is 8.51. The molecule has 0 aliphatic rings. The number of amides is 1. The molecule has 3 nitrogen and oxygen atoms in total. The highest BCUT2D eigenvalue weighted by Crippen LogP contribution is 1.98. The zero-order chi connectivity index (χ0) is 8.85.